The number of unbranched alkanes of at least 4 members (excludes halogenated alkanes) is 6. The Morgan fingerprint density at radius 1 is 0.516 bits per heavy atom. The van der Waals surface area contributed by atoms with E-state index in [1.165, 1.54) is 25.7 Å². The standard InChI is InChI=1S/C25H46O4P2/c1-5-9-11-13-15-18-22-26-30(7-3)28-24-20-17-21-25-29-31(8-4)27-23-19-16-14-12-10-6-2/h7-8,13-16H,3-6,9-12,17-25H2,1-2H3/b15-13-,16-14-. The van der Waals surface area contributed by atoms with Crippen LogP contribution in [0.25, 0.3) is 0 Å². The van der Waals surface area contributed by atoms with Gasteiger partial charge in [0.25, 0.3) is 0 Å². The maximum atomic E-state index is 5.80. The van der Waals surface area contributed by atoms with E-state index in [0.29, 0.717) is 26.4 Å². The first-order valence-electron chi connectivity index (χ1n) is 11.9. The van der Waals surface area contributed by atoms with Crippen LogP contribution in [0.4, 0.5) is 0 Å². The predicted molar refractivity (Wildman–Crippen MR) is 138 cm³/mol. The van der Waals surface area contributed by atoms with Gasteiger partial charge in [-0.3, -0.25) is 0 Å². The molecule has 0 aliphatic rings. The first-order valence-corrected chi connectivity index (χ1v) is 14.4. The largest absolute Gasteiger partial charge is 0.331 e. The van der Waals surface area contributed by atoms with E-state index in [-0.39, 0.29) is 0 Å². The molecule has 180 valence electrons. The quantitative estimate of drug-likeness (QED) is 0.0796. The van der Waals surface area contributed by atoms with Gasteiger partial charge >= 0.3 is 0 Å². The fourth-order valence-corrected chi connectivity index (χ4v) is 4.27. The number of rotatable bonds is 24. The topological polar surface area (TPSA) is 36.9 Å². The third kappa shape index (κ3) is 22.6. The highest BCUT2D eigenvalue weighted by Gasteiger charge is 2.06. The first kappa shape index (κ1) is 30.7. The first-order chi connectivity index (χ1) is 15.3. The van der Waals surface area contributed by atoms with Gasteiger partial charge in [-0.05, 0) is 56.6 Å². The highest BCUT2D eigenvalue weighted by Crippen LogP contribution is 2.40. The van der Waals surface area contributed by atoms with Crippen LogP contribution < -0.4 is 0 Å². The summed E-state index contributed by atoms with van der Waals surface area (Å²) < 4.78 is 23.1. The Morgan fingerprint density at radius 3 is 1.29 bits per heavy atom. The molecule has 0 aromatic heterocycles. The van der Waals surface area contributed by atoms with Crippen molar-refractivity contribution < 1.29 is 18.1 Å². The molecule has 0 saturated carbocycles. The fraction of sp³-hybridized carbons (Fsp3) is 0.680. The van der Waals surface area contributed by atoms with E-state index in [0.717, 1.165) is 44.9 Å². The van der Waals surface area contributed by atoms with Gasteiger partial charge < -0.3 is 18.1 Å². The summed E-state index contributed by atoms with van der Waals surface area (Å²) in [4.78, 5) is 0. The SMILES string of the molecule is C=CP(OCC/C=C\CCCC)OCCCCCOP(C=C)OCC/C=C\CCCC. The van der Waals surface area contributed by atoms with Gasteiger partial charge in [-0.25, -0.2) is 0 Å². The third-order valence-electron chi connectivity index (χ3n) is 4.31. The molecule has 0 aliphatic carbocycles. The average Bonchev–Trinajstić information content (AvgIpc) is 2.79. The van der Waals surface area contributed by atoms with Crippen LogP contribution in [0.1, 0.15) is 84.5 Å². The minimum absolute atomic E-state index is 0.688. The Balaban J connectivity index is 3.61. The summed E-state index contributed by atoms with van der Waals surface area (Å²) in [6, 6.07) is 0. The van der Waals surface area contributed by atoms with Crippen molar-refractivity contribution in [3.05, 3.63) is 49.1 Å². The Morgan fingerprint density at radius 2 is 0.903 bits per heavy atom. The van der Waals surface area contributed by atoms with Crippen LogP contribution in [0.5, 0.6) is 0 Å². The van der Waals surface area contributed by atoms with E-state index in [1.807, 2.05) is 0 Å². The normalized spacial score (nSPS) is 13.7. The molecule has 31 heavy (non-hydrogen) atoms. The van der Waals surface area contributed by atoms with E-state index in [9.17, 15) is 0 Å². The fourth-order valence-electron chi connectivity index (χ4n) is 2.51. The molecule has 2 atom stereocenters. The van der Waals surface area contributed by atoms with Gasteiger partial charge in [0.1, 0.15) is 0 Å². The van der Waals surface area contributed by atoms with Crippen molar-refractivity contribution in [3.63, 3.8) is 0 Å². The Hall–Kier alpha value is -0.340. The molecule has 2 unspecified atom stereocenters. The van der Waals surface area contributed by atoms with Crippen molar-refractivity contribution in [3.8, 4) is 0 Å². The zero-order valence-electron chi connectivity index (χ0n) is 20.0. The van der Waals surface area contributed by atoms with E-state index in [4.69, 9.17) is 18.1 Å². The summed E-state index contributed by atoms with van der Waals surface area (Å²) in [5.41, 5.74) is 0. The second-order valence-electron chi connectivity index (χ2n) is 7.13. The zero-order valence-corrected chi connectivity index (χ0v) is 21.8. The van der Waals surface area contributed by atoms with E-state index < -0.39 is 16.8 Å². The monoisotopic (exact) mass is 472 g/mol. The summed E-state index contributed by atoms with van der Waals surface area (Å²) in [6.45, 7) is 14.8. The molecule has 6 heteroatoms. The number of hydrogen-bond donors (Lipinski definition) is 0. The highest BCUT2D eigenvalue weighted by molar-refractivity contribution is 7.50. The molecule has 4 nitrogen and oxygen atoms in total. The number of hydrogen-bond acceptors (Lipinski definition) is 4. The molecule has 0 aromatic rings. The second kappa shape index (κ2) is 25.9. The second-order valence-corrected chi connectivity index (χ2v) is 10.0. The molecule has 0 saturated heterocycles. The van der Waals surface area contributed by atoms with Crippen molar-refractivity contribution in [1.29, 1.82) is 0 Å². The smallest absolute Gasteiger partial charge is 0.196 e. The van der Waals surface area contributed by atoms with Crippen LogP contribution in [0.2, 0.25) is 0 Å². The molecule has 0 spiro atoms. The average molecular weight is 473 g/mol. The van der Waals surface area contributed by atoms with Gasteiger partial charge in [-0.1, -0.05) is 77.0 Å². The van der Waals surface area contributed by atoms with Crippen LogP contribution in [0.15, 0.2) is 49.1 Å². The molecular formula is C25H46O4P2. The summed E-state index contributed by atoms with van der Waals surface area (Å²) in [7, 11) is -1.95. The van der Waals surface area contributed by atoms with Crippen molar-refractivity contribution in [2.24, 2.45) is 0 Å². The molecule has 0 radical (unpaired) electrons. The Labute approximate surface area is 195 Å². The van der Waals surface area contributed by atoms with E-state index in [1.54, 1.807) is 11.6 Å². The molecule has 0 rings (SSSR count). The molecule has 0 heterocycles. The molecule has 0 amide bonds. The van der Waals surface area contributed by atoms with Gasteiger partial charge in [0.05, 0.1) is 26.4 Å². The van der Waals surface area contributed by atoms with Gasteiger partial charge in [-0.2, -0.15) is 0 Å². The van der Waals surface area contributed by atoms with Gasteiger partial charge in [-0.15, -0.1) is 0 Å². The van der Waals surface area contributed by atoms with Crippen LogP contribution >= 0.6 is 16.8 Å². The molecule has 0 bridgehead atoms. The summed E-state index contributed by atoms with van der Waals surface area (Å²) in [5, 5.41) is 0. The minimum atomic E-state index is -0.974. The maximum absolute atomic E-state index is 5.80. The van der Waals surface area contributed by atoms with Crippen LogP contribution in [-0.2, 0) is 18.1 Å². The maximum Gasteiger partial charge on any atom is 0.196 e. The van der Waals surface area contributed by atoms with Gasteiger partial charge in [0.15, 0.2) is 16.8 Å². The van der Waals surface area contributed by atoms with E-state index in [2.05, 4.69) is 51.3 Å². The molecule has 0 aliphatic heterocycles. The summed E-state index contributed by atoms with van der Waals surface area (Å²) >= 11 is 0. The Kier molecular flexibility index (Phi) is 25.6. The predicted octanol–water partition coefficient (Wildman–Crippen LogP) is 9.41. The van der Waals surface area contributed by atoms with Gasteiger partial charge in [0.2, 0.25) is 0 Å². The van der Waals surface area contributed by atoms with Crippen LogP contribution in [0, 0.1) is 0 Å². The lowest BCUT2D eigenvalue weighted by molar-refractivity contribution is 0.240. The molecule has 0 N–H and O–H groups in total. The lowest BCUT2D eigenvalue weighted by Crippen LogP contribution is -1.96. The molecule has 0 aromatic carbocycles. The van der Waals surface area contributed by atoms with Crippen LogP contribution in [0.3, 0.4) is 0 Å². The summed E-state index contributed by atoms with van der Waals surface area (Å²) in [6.07, 6.45) is 21.1. The lowest BCUT2D eigenvalue weighted by Gasteiger charge is -2.14. The van der Waals surface area contributed by atoms with Crippen molar-refractivity contribution in [1.82, 2.24) is 0 Å². The molecule has 0 fully saturated rings. The van der Waals surface area contributed by atoms with Crippen molar-refractivity contribution in [2.75, 3.05) is 26.4 Å². The minimum Gasteiger partial charge on any atom is -0.331 e. The third-order valence-corrected chi connectivity index (χ3v) is 6.66. The van der Waals surface area contributed by atoms with Crippen molar-refractivity contribution >= 4 is 16.8 Å². The highest BCUT2D eigenvalue weighted by atomic mass is 31.2. The number of allylic oxidation sites excluding steroid dienone is 2. The Bertz CT molecular complexity index is 415. The van der Waals surface area contributed by atoms with Gasteiger partial charge in [0, 0.05) is 0 Å². The zero-order chi connectivity index (χ0) is 22.8. The lowest BCUT2D eigenvalue weighted by atomic mass is 10.2. The molecular weight excluding hydrogens is 426 g/mol. The van der Waals surface area contributed by atoms with Crippen molar-refractivity contribution in [2.45, 2.75) is 84.5 Å². The summed E-state index contributed by atoms with van der Waals surface area (Å²) in [5.74, 6) is 3.57. The van der Waals surface area contributed by atoms with E-state index >= 15 is 0 Å². The van der Waals surface area contributed by atoms with Crippen LogP contribution in [-0.4, -0.2) is 26.4 Å².